The average molecular weight is 244 g/mol. The number of carbonyl (C=O) groups is 1. The van der Waals surface area contributed by atoms with E-state index in [0.29, 0.717) is 11.3 Å². The van der Waals surface area contributed by atoms with E-state index in [9.17, 15) is 9.59 Å². The molecule has 0 saturated carbocycles. The number of para-hydroxylation sites is 1. The average Bonchev–Trinajstić information content (AvgIpc) is 2.68. The quantitative estimate of drug-likeness (QED) is 0.593. The molecule has 1 aromatic rings. The van der Waals surface area contributed by atoms with Gasteiger partial charge in [0.25, 0.3) is 5.91 Å². The standard InChI is InChI=1S/C14H16N2O2/c17-11-15-13-8-4-3-7-12(13)14(18)16-9-5-1-2-6-10-16/h3-4,7-8H,1-2,5-6,9-10H2. The third kappa shape index (κ3) is 2.84. The van der Waals surface area contributed by atoms with Gasteiger partial charge in [-0.15, -0.1) is 0 Å². The van der Waals surface area contributed by atoms with E-state index in [0.717, 1.165) is 25.9 Å². The minimum atomic E-state index is -0.0356. The van der Waals surface area contributed by atoms with E-state index >= 15 is 0 Å². The highest BCUT2D eigenvalue weighted by Gasteiger charge is 2.19. The molecule has 4 heteroatoms. The molecule has 0 unspecified atom stereocenters. The van der Waals surface area contributed by atoms with Crippen molar-refractivity contribution < 1.29 is 9.59 Å². The van der Waals surface area contributed by atoms with Crippen molar-refractivity contribution in [2.75, 3.05) is 13.1 Å². The largest absolute Gasteiger partial charge is 0.339 e. The first-order chi connectivity index (χ1) is 8.83. The first-order valence-corrected chi connectivity index (χ1v) is 6.29. The molecule has 1 aliphatic heterocycles. The summed E-state index contributed by atoms with van der Waals surface area (Å²) in [7, 11) is 0. The van der Waals surface area contributed by atoms with Gasteiger partial charge in [-0.1, -0.05) is 25.0 Å². The molecule has 0 spiro atoms. The zero-order chi connectivity index (χ0) is 12.8. The van der Waals surface area contributed by atoms with Crippen LogP contribution in [0.5, 0.6) is 0 Å². The van der Waals surface area contributed by atoms with Crippen LogP contribution in [0.15, 0.2) is 29.3 Å². The summed E-state index contributed by atoms with van der Waals surface area (Å²) in [5.41, 5.74) is 0.893. The normalized spacial score (nSPS) is 15.7. The van der Waals surface area contributed by atoms with Gasteiger partial charge in [0, 0.05) is 13.1 Å². The van der Waals surface area contributed by atoms with E-state index in [2.05, 4.69) is 4.99 Å². The lowest BCUT2D eigenvalue weighted by Gasteiger charge is -2.20. The summed E-state index contributed by atoms with van der Waals surface area (Å²) < 4.78 is 0. The van der Waals surface area contributed by atoms with Gasteiger partial charge in [-0.25, -0.2) is 4.79 Å². The second-order valence-corrected chi connectivity index (χ2v) is 4.43. The molecular weight excluding hydrogens is 228 g/mol. The second kappa shape index (κ2) is 6.12. The molecule has 4 nitrogen and oxygen atoms in total. The third-order valence-corrected chi connectivity index (χ3v) is 3.19. The zero-order valence-corrected chi connectivity index (χ0v) is 10.3. The smallest absolute Gasteiger partial charge is 0.256 e. The highest BCUT2D eigenvalue weighted by atomic mass is 16.2. The summed E-state index contributed by atoms with van der Waals surface area (Å²) >= 11 is 0. The summed E-state index contributed by atoms with van der Waals surface area (Å²) in [4.78, 5) is 28.2. The molecule has 0 bridgehead atoms. The maximum atomic E-state index is 12.4. The van der Waals surface area contributed by atoms with Crippen molar-refractivity contribution in [3.63, 3.8) is 0 Å². The van der Waals surface area contributed by atoms with Gasteiger partial charge in [0.15, 0.2) is 0 Å². The van der Waals surface area contributed by atoms with Crippen molar-refractivity contribution in [3.05, 3.63) is 29.8 Å². The van der Waals surface area contributed by atoms with E-state index in [1.807, 2.05) is 4.90 Å². The Morgan fingerprint density at radius 2 is 1.78 bits per heavy atom. The molecule has 0 aromatic heterocycles. The van der Waals surface area contributed by atoms with Crippen LogP contribution in [0.25, 0.3) is 0 Å². The molecule has 0 atom stereocenters. The first kappa shape index (κ1) is 12.5. The van der Waals surface area contributed by atoms with Crippen LogP contribution in [0.1, 0.15) is 36.0 Å². The van der Waals surface area contributed by atoms with E-state index < -0.39 is 0 Å². The molecule has 94 valence electrons. The van der Waals surface area contributed by atoms with Gasteiger partial charge < -0.3 is 4.90 Å². The van der Waals surface area contributed by atoms with Gasteiger partial charge in [0.05, 0.1) is 11.3 Å². The van der Waals surface area contributed by atoms with Crippen molar-refractivity contribution in [2.24, 2.45) is 4.99 Å². The summed E-state index contributed by atoms with van der Waals surface area (Å²) in [6.45, 7) is 1.58. The number of aliphatic imine (C=N–C) groups is 1. The lowest BCUT2D eigenvalue weighted by atomic mass is 10.1. The molecule has 1 aromatic carbocycles. The summed E-state index contributed by atoms with van der Waals surface area (Å²) in [5, 5.41) is 0. The Kier molecular flexibility index (Phi) is 4.26. The number of hydrogen-bond acceptors (Lipinski definition) is 3. The van der Waals surface area contributed by atoms with Gasteiger partial charge in [-0.3, -0.25) is 4.79 Å². The molecule has 1 amide bonds. The number of rotatable bonds is 2. The van der Waals surface area contributed by atoms with Gasteiger partial charge in [0.2, 0.25) is 6.08 Å². The summed E-state index contributed by atoms with van der Waals surface area (Å²) in [5.74, 6) is -0.0356. The van der Waals surface area contributed by atoms with Crippen molar-refractivity contribution in [2.45, 2.75) is 25.7 Å². The highest BCUT2D eigenvalue weighted by molar-refractivity contribution is 5.99. The van der Waals surface area contributed by atoms with Crippen LogP contribution in [-0.4, -0.2) is 30.0 Å². The molecule has 0 radical (unpaired) electrons. The topological polar surface area (TPSA) is 49.7 Å². The maximum Gasteiger partial charge on any atom is 0.256 e. The Bertz CT molecular complexity index is 470. The number of benzene rings is 1. The second-order valence-electron chi connectivity index (χ2n) is 4.43. The fourth-order valence-electron chi connectivity index (χ4n) is 2.25. The fraction of sp³-hybridized carbons (Fsp3) is 0.429. The number of carbonyl (C=O) groups excluding carboxylic acids is 2. The van der Waals surface area contributed by atoms with Crippen LogP contribution in [0.4, 0.5) is 5.69 Å². The molecule has 1 fully saturated rings. The Morgan fingerprint density at radius 1 is 1.11 bits per heavy atom. The molecule has 1 heterocycles. The van der Waals surface area contributed by atoms with Crippen LogP contribution in [0.3, 0.4) is 0 Å². The maximum absolute atomic E-state index is 12.4. The first-order valence-electron chi connectivity index (χ1n) is 6.29. The molecule has 2 rings (SSSR count). The molecule has 1 saturated heterocycles. The predicted molar refractivity (Wildman–Crippen MR) is 68.6 cm³/mol. The molecule has 1 aliphatic rings. The summed E-state index contributed by atoms with van der Waals surface area (Å²) in [6, 6.07) is 6.92. The van der Waals surface area contributed by atoms with Crippen molar-refractivity contribution >= 4 is 17.7 Å². The molecule has 0 aliphatic carbocycles. The van der Waals surface area contributed by atoms with E-state index in [1.165, 1.54) is 18.9 Å². The van der Waals surface area contributed by atoms with Gasteiger partial charge >= 0.3 is 0 Å². The van der Waals surface area contributed by atoms with Crippen LogP contribution >= 0.6 is 0 Å². The third-order valence-electron chi connectivity index (χ3n) is 3.19. The van der Waals surface area contributed by atoms with Crippen LogP contribution in [0, 0.1) is 0 Å². The number of hydrogen-bond donors (Lipinski definition) is 0. The van der Waals surface area contributed by atoms with Gasteiger partial charge in [0.1, 0.15) is 0 Å². The number of isocyanates is 1. The Labute approximate surface area is 106 Å². The SMILES string of the molecule is O=C=Nc1ccccc1C(=O)N1CCCCCC1. The van der Waals surface area contributed by atoms with E-state index in [1.54, 1.807) is 24.3 Å². The lowest BCUT2D eigenvalue weighted by molar-refractivity contribution is 0.0762. The highest BCUT2D eigenvalue weighted by Crippen LogP contribution is 2.21. The molecular formula is C14H16N2O2. The minimum absolute atomic E-state index is 0.0356. The van der Waals surface area contributed by atoms with Crippen LogP contribution < -0.4 is 0 Å². The minimum Gasteiger partial charge on any atom is -0.339 e. The number of amides is 1. The lowest BCUT2D eigenvalue weighted by Crippen LogP contribution is -2.31. The van der Waals surface area contributed by atoms with Crippen LogP contribution in [-0.2, 0) is 4.79 Å². The zero-order valence-electron chi connectivity index (χ0n) is 10.3. The van der Waals surface area contributed by atoms with Gasteiger partial charge in [-0.05, 0) is 25.0 Å². The fourth-order valence-corrected chi connectivity index (χ4v) is 2.25. The number of nitrogens with zero attached hydrogens (tertiary/aromatic N) is 2. The Balaban J connectivity index is 2.24. The van der Waals surface area contributed by atoms with Crippen molar-refractivity contribution in [3.8, 4) is 0 Å². The van der Waals surface area contributed by atoms with E-state index in [4.69, 9.17) is 0 Å². The van der Waals surface area contributed by atoms with Gasteiger partial charge in [-0.2, -0.15) is 4.99 Å². The summed E-state index contributed by atoms with van der Waals surface area (Å²) in [6.07, 6.45) is 5.95. The Morgan fingerprint density at radius 3 is 2.44 bits per heavy atom. The van der Waals surface area contributed by atoms with E-state index in [-0.39, 0.29) is 5.91 Å². The van der Waals surface area contributed by atoms with Crippen LogP contribution in [0.2, 0.25) is 0 Å². The predicted octanol–water partition coefficient (Wildman–Crippen LogP) is 2.67. The molecule has 18 heavy (non-hydrogen) atoms. The Hall–Kier alpha value is -1.93. The number of likely N-dealkylation sites (tertiary alicyclic amines) is 1. The van der Waals surface area contributed by atoms with Crippen molar-refractivity contribution in [1.29, 1.82) is 0 Å². The molecule has 0 N–H and O–H groups in total. The monoisotopic (exact) mass is 244 g/mol. The van der Waals surface area contributed by atoms with Crippen molar-refractivity contribution in [1.82, 2.24) is 4.90 Å².